The topological polar surface area (TPSA) is 111 Å². The van der Waals surface area contributed by atoms with Crippen molar-refractivity contribution in [2.45, 2.75) is 19.5 Å². The Hall–Kier alpha value is -3.76. The number of carboxylic acid groups (broad SMARTS) is 1. The van der Waals surface area contributed by atoms with E-state index in [1.165, 1.54) is 18.2 Å². The summed E-state index contributed by atoms with van der Waals surface area (Å²) in [5.41, 5.74) is 4.44. The van der Waals surface area contributed by atoms with Crippen LogP contribution < -0.4 is 16.2 Å². The number of hydrogen-bond acceptors (Lipinski definition) is 4. The Kier molecular flexibility index (Phi) is 7.83. The average Bonchev–Trinajstić information content (AvgIpc) is 2.72. The second-order valence-electron chi connectivity index (χ2n) is 6.36. The number of para-hydroxylation sites is 1. The number of nitrogens with one attached hydrogen (secondary N) is 3. The first kappa shape index (κ1) is 23.5. The number of amides is 3. The normalized spacial score (nSPS) is 10.8. The van der Waals surface area contributed by atoms with Crippen LogP contribution in [0.2, 0.25) is 0 Å². The molecule has 4 N–H and O–H groups in total. The van der Waals surface area contributed by atoms with Gasteiger partial charge in [0, 0.05) is 25.2 Å². The smallest absolute Gasteiger partial charge is 0.416 e. The van der Waals surface area contributed by atoms with Gasteiger partial charge in [-0.1, -0.05) is 12.1 Å². The first-order valence-corrected chi connectivity index (χ1v) is 9.22. The van der Waals surface area contributed by atoms with Crippen molar-refractivity contribution in [1.29, 1.82) is 0 Å². The van der Waals surface area contributed by atoms with Gasteiger partial charge in [0.2, 0.25) is 5.91 Å². The van der Waals surface area contributed by atoms with E-state index in [-0.39, 0.29) is 25.1 Å². The molecule has 0 spiro atoms. The fraction of sp³-hybridized carbons (Fsp3) is 0.250. The van der Waals surface area contributed by atoms with E-state index >= 15 is 0 Å². The lowest BCUT2D eigenvalue weighted by Crippen LogP contribution is -2.43. The molecule has 0 aliphatic carbocycles. The molecule has 31 heavy (non-hydrogen) atoms. The predicted octanol–water partition coefficient (Wildman–Crippen LogP) is 3.60. The molecular formula is C20H21F3N4O4. The van der Waals surface area contributed by atoms with Crippen LogP contribution in [-0.4, -0.2) is 41.0 Å². The third-order valence-corrected chi connectivity index (χ3v) is 4.24. The molecule has 0 bridgehead atoms. The van der Waals surface area contributed by atoms with Gasteiger partial charge in [-0.3, -0.25) is 20.4 Å². The van der Waals surface area contributed by atoms with Gasteiger partial charge in [0.25, 0.3) is 5.91 Å². The van der Waals surface area contributed by atoms with Crippen LogP contribution in [0.25, 0.3) is 0 Å². The van der Waals surface area contributed by atoms with Crippen LogP contribution in [0.1, 0.15) is 29.3 Å². The highest BCUT2D eigenvalue weighted by Crippen LogP contribution is 2.30. The van der Waals surface area contributed by atoms with Gasteiger partial charge < -0.3 is 15.3 Å². The van der Waals surface area contributed by atoms with E-state index in [2.05, 4.69) is 16.2 Å². The number of rotatable bonds is 7. The number of benzene rings is 2. The molecule has 2 rings (SSSR count). The Morgan fingerprint density at radius 1 is 1.00 bits per heavy atom. The highest BCUT2D eigenvalue weighted by Gasteiger charge is 2.30. The van der Waals surface area contributed by atoms with Gasteiger partial charge in [-0.25, -0.2) is 4.79 Å². The molecule has 0 heterocycles. The SMILES string of the molecule is CCN(CCC(=O)NNC(=O)c1ccccc1Nc1ccc(C(F)(F)F)cc1)C(=O)O. The predicted molar refractivity (Wildman–Crippen MR) is 107 cm³/mol. The van der Waals surface area contributed by atoms with Gasteiger partial charge in [0.05, 0.1) is 16.8 Å². The molecule has 0 saturated heterocycles. The summed E-state index contributed by atoms with van der Waals surface area (Å²) in [6.45, 7) is 1.83. The van der Waals surface area contributed by atoms with Gasteiger partial charge in [-0.2, -0.15) is 13.2 Å². The molecule has 8 nitrogen and oxygen atoms in total. The summed E-state index contributed by atoms with van der Waals surface area (Å²) in [6, 6.07) is 10.6. The zero-order valence-corrected chi connectivity index (χ0v) is 16.5. The lowest BCUT2D eigenvalue weighted by Gasteiger charge is -2.16. The molecule has 0 fully saturated rings. The van der Waals surface area contributed by atoms with Crippen molar-refractivity contribution in [1.82, 2.24) is 15.8 Å². The molecule has 0 aliphatic rings. The summed E-state index contributed by atoms with van der Waals surface area (Å²) in [7, 11) is 0. The second-order valence-corrected chi connectivity index (χ2v) is 6.36. The molecular weight excluding hydrogens is 417 g/mol. The number of halogens is 3. The summed E-state index contributed by atoms with van der Waals surface area (Å²) in [6.07, 6.45) is -5.75. The monoisotopic (exact) mass is 438 g/mol. The van der Waals surface area contributed by atoms with Crippen LogP contribution in [0.15, 0.2) is 48.5 Å². The molecule has 0 aliphatic heterocycles. The van der Waals surface area contributed by atoms with Crippen LogP contribution in [-0.2, 0) is 11.0 Å². The third-order valence-electron chi connectivity index (χ3n) is 4.24. The van der Waals surface area contributed by atoms with Gasteiger partial charge in [-0.05, 0) is 43.3 Å². The molecule has 2 aromatic rings. The van der Waals surface area contributed by atoms with Crippen molar-refractivity contribution < 1.29 is 32.7 Å². The average molecular weight is 438 g/mol. The fourth-order valence-electron chi connectivity index (χ4n) is 2.57. The highest BCUT2D eigenvalue weighted by atomic mass is 19.4. The number of nitrogens with zero attached hydrogens (tertiary/aromatic N) is 1. The Morgan fingerprint density at radius 2 is 1.65 bits per heavy atom. The minimum absolute atomic E-state index is 0.0282. The molecule has 3 amide bonds. The molecule has 0 unspecified atom stereocenters. The Morgan fingerprint density at radius 3 is 2.23 bits per heavy atom. The number of anilines is 2. The summed E-state index contributed by atoms with van der Waals surface area (Å²) >= 11 is 0. The number of alkyl halides is 3. The van der Waals surface area contributed by atoms with E-state index in [9.17, 15) is 27.6 Å². The lowest BCUT2D eigenvalue weighted by atomic mass is 10.1. The van der Waals surface area contributed by atoms with Gasteiger partial charge in [0.1, 0.15) is 0 Å². The van der Waals surface area contributed by atoms with E-state index in [0.29, 0.717) is 11.4 Å². The molecule has 0 atom stereocenters. The zero-order chi connectivity index (χ0) is 23.0. The maximum atomic E-state index is 12.7. The second kappa shape index (κ2) is 10.3. The number of carbonyl (C=O) groups is 3. The molecule has 166 valence electrons. The minimum atomic E-state index is -4.45. The van der Waals surface area contributed by atoms with Crippen molar-refractivity contribution >= 4 is 29.3 Å². The van der Waals surface area contributed by atoms with Crippen LogP contribution in [0.4, 0.5) is 29.3 Å². The fourth-order valence-corrected chi connectivity index (χ4v) is 2.57. The van der Waals surface area contributed by atoms with E-state index in [1.807, 2.05) is 0 Å². The van der Waals surface area contributed by atoms with E-state index in [0.717, 1.165) is 17.0 Å². The Bertz CT molecular complexity index is 933. The van der Waals surface area contributed by atoms with Crippen LogP contribution in [0, 0.1) is 0 Å². The lowest BCUT2D eigenvalue weighted by molar-refractivity contribution is -0.137. The largest absolute Gasteiger partial charge is 0.465 e. The first-order chi connectivity index (χ1) is 14.6. The van der Waals surface area contributed by atoms with Gasteiger partial charge in [0.15, 0.2) is 0 Å². The van der Waals surface area contributed by atoms with E-state index in [4.69, 9.17) is 5.11 Å². The number of hydrogen-bond donors (Lipinski definition) is 4. The van der Waals surface area contributed by atoms with Crippen LogP contribution in [0.5, 0.6) is 0 Å². The molecule has 0 radical (unpaired) electrons. The van der Waals surface area contributed by atoms with E-state index < -0.39 is 29.6 Å². The Balaban J connectivity index is 1.98. The van der Waals surface area contributed by atoms with E-state index in [1.54, 1.807) is 25.1 Å². The third kappa shape index (κ3) is 6.91. The first-order valence-electron chi connectivity index (χ1n) is 9.22. The maximum Gasteiger partial charge on any atom is 0.416 e. The van der Waals surface area contributed by atoms with Crippen LogP contribution >= 0.6 is 0 Å². The van der Waals surface area contributed by atoms with Crippen molar-refractivity contribution in [3.8, 4) is 0 Å². The van der Waals surface area contributed by atoms with Gasteiger partial charge >= 0.3 is 12.3 Å². The minimum Gasteiger partial charge on any atom is -0.465 e. The summed E-state index contributed by atoms with van der Waals surface area (Å²) in [4.78, 5) is 36.2. The molecule has 0 saturated carbocycles. The van der Waals surface area contributed by atoms with Crippen molar-refractivity contribution in [3.63, 3.8) is 0 Å². The Labute approximate surface area is 176 Å². The standard InChI is InChI=1S/C20H21F3N4O4/c1-2-27(19(30)31)12-11-17(28)25-26-18(29)15-5-3-4-6-16(15)24-14-9-7-13(8-10-14)20(21,22)23/h3-10,24H,2,11-12H2,1H3,(H,25,28)(H,26,29)(H,30,31). The van der Waals surface area contributed by atoms with Crippen molar-refractivity contribution in [2.75, 3.05) is 18.4 Å². The number of hydrazine groups is 1. The summed E-state index contributed by atoms with van der Waals surface area (Å²) in [5.74, 6) is -1.24. The van der Waals surface area contributed by atoms with Crippen molar-refractivity contribution in [3.05, 3.63) is 59.7 Å². The molecule has 11 heteroatoms. The highest BCUT2D eigenvalue weighted by molar-refractivity contribution is 6.01. The van der Waals surface area contributed by atoms with Crippen LogP contribution in [0.3, 0.4) is 0 Å². The molecule has 0 aromatic heterocycles. The number of carbonyl (C=O) groups excluding carboxylic acids is 2. The summed E-state index contributed by atoms with van der Waals surface area (Å²) < 4.78 is 38.1. The maximum absolute atomic E-state index is 12.7. The van der Waals surface area contributed by atoms with Crippen molar-refractivity contribution in [2.24, 2.45) is 0 Å². The molecule has 2 aromatic carbocycles. The zero-order valence-electron chi connectivity index (χ0n) is 16.5. The quantitative estimate of drug-likeness (QED) is 0.494. The van der Waals surface area contributed by atoms with Gasteiger partial charge in [-0.15, -0.1) is 0 Å². The summed E-state index contributed by atoms with van der Waals surface area (Å²) in [5, 5.41) is 11.8.